The van der Waals surface area contributed by atoms with Gasteiger partial charge in [-0.15, -0.1) is 0 Å². The molecule has 3 aliphatic heterocycles. The molecule has 7 heteroatoms. The normalized spacial score (nSPS) is 28.4. The molecular weight excluding hydrogens is 304 g/mol. The molecule has 0 radical (unpaired) electrons. The third kappa shape index (κ3) is 2.37. The highest BCUT2D eigenvalue weighted by molar-refractivity contribution is 7.89. The molecule has 1 aromatic rings. The molecule has 120 valence electrons. The molecule has 3 heterocycles. The maximum Gasteiger partial charge on any atom is 0.246 e. The fourth-order valence-corrected chi connectivity index (χ4v) is 5.16. The summed E-state index contributed by atoms with van der Waals surface area (Å²) >= 11 is 0. The Labute approximate surface area is 130 Å². The Bertz CT molecular complexity index is 676. The van der Waals surface area contributed by atoms with Crippen LogP contribution in [-0.4, -0.2) is 51.1 Å². The Morgan fingerprint density at radius 1 is 1.09 bits per heavy atom. The highest BCUT2D eigenvalue weighted by atomic mass is 32.2. The van der Waals surface area contributed by atoms with Crippen LogP contribution in [-0.2, 0) is 10.0 Å². The van der Waals surface area contributed by atoms with Crippen LogP contribution in [0.1, 0.15) is 19.3 Å². The average molecular weight is 324 g/mol. The summed E-state index contributed by atoms with van der Waals surface area (Å²) in [7, 11) is -3.56. The molecule has 22 heavy (non-hydrogen) atoms. The Hall–Kier alpha value is -1.31. The first kappa shape index (κ1) is 14.3. The van der Waals surface area contributed by atoms with Gasteiger partial charge in [-0.05, 0) is 31.4 Å². The smallest absolute Gasteiger partial charge is 0.246 e. The minimum atomic E-state index is -3.56. The highest BCUT2D eigenvalue weighted by Gasteiger charge is 2.37. The van der Waals surface area contributed by atoms with E-state index < -0.39 is 10.0 Å². The predicted octanol–water partition coefficient (Wildman–Crippen LogP) is 0.973. The second kappa shape index (κ2) is 5.40. The Morgan fingerprint density at radius 3 is 2.82 bits per heavy atom. The first-order valence-corrected chi connectivity index (χ1v) is 9.23. The fourth-order valence-electron chi connectivity index (χ4n) is 3.52. The number of hydrogen-bond donors (Lipinski definition) is 1. The van der Waals surface area contributed by atoms with E-state index in [9.17, 15) is 8.42 Å². The summed E-state index contributed by atoms with van der Waals surface area (Å²) in [5, 5.41) is 3.51. The highest BCUT2D eigenvalue weighted by Crippen LogP contribution is 2.38. The predicted molar refractivity (Wildman–Crippen MR) is 80.8 cm³/mol. The zero-order chi connectivity index (χ0) is 15.2. The molecular formula is C15H20N2O4S. The number of benzene rings is 1. The molecule has 0 aromatic heterocycles. The van der Waals surface area contributed by atoms with Crippen LogP contribution >= 0.6 is 0 Å². The van der Waals surface area contributed by atoms with E-state index in [1.807, 2.05) is 0 Å². The Balaban J connectivity index is 1.69. The summed E-state index contributed by atoms with van der Waals surface area (Å²) in [6.45, 7) is 1.92. The number of fused-ring (bicyclic) bond motifs is 3. The van der Waals surface area contributed by atoms with Gasteiger partial charge in [0.1, 0.15) is 18.1 Å². The lowest BCUT2D eigenvalue weighted by atomic mass is 10.1. The average Bonchev–Trinajstić information content (AvgIpc) is 2.85. The van der Waals surface area contributed by atoms with E-state index in [0.717, 1.165) is 19.3 Å². The van der Waals surface area contributed by atoms with Crippen molar-refractivity contribution in [1.82, 2.24) is 9.62 Å². The van der Waals surface area contributed by atoms with Gasteiger partial charge in [0.15, 0.2) is 11.5 Å². The van der Waals surface area contributed by atoms with Crippen molar-refractivity contribution in [3.63, 3.8) is 0 Å². The summed E-state index contributed by atoms with van der Waals surface area (Å²) in [6, 6.07) is 5.79. The van der Waals surface area contributed by atoms with Crippen LogP contribution in [0.2, 0.25) is 0 Å². The molecule has 2 atom stereocenters. The van der Waals surface area contributed by atoms with Crippen molar-refractivity contribution in [1.29, 1.82) is 0 Å². The minimum Gasteiger partial charge on any atom is -0.486 e. The number of ether oxygens (including phenoxy) is 2. The maximum atomic E-state index is 13.1. The summed E-state index contributed by atoms with van der Waals surface area (Å²) in [4.78, 5) is 0.225. The van der Waals surface area contributed by atoms with Crippen LogP contribution < -0.4 is 14.8 Å². The number of para-hydroxylation sites is 1. The topological polar surface area (TPSA) is 67.9 Å². The van der Waals surface area contributed by atoms with Crippen LogP contribution in [0, 0.1) is 0 Å². The quantitative estimate of drug-likeness (QED) is 0.878. The second-order valence-electron chi connectivity index (χ2n) is 6.07. The number of nitrogens with one attached hydrogen (secondary N) is 1. The van der Waals surface area contributed by atoms with Crippen molar-refractivity contribution in [3.05, 3.63) is 18.2 Å². The van der Waals surface area contributed by atoms with E-state index in [-0.39, 0.29) is 10.9 Å². The second-order valence-corrected chi connectivity index (χ2v) is 7.98. The van der Waals surface area contributed by atoms with E-state index in [2.05, 4.69) is 5.32 Å². The lowest BCUT2D eigenvalue weighted by Gasteiger charge is -2.26. The molecule has 4 rings (SSSR count). The molecule has 0 spiro atoms. The number of nitrogens with zero attached hydrogens (tertiary/aromatic N) is 1. The summed E-state index contributed by atoms with van der Waals surface area (Å²) < 4.78 is 38.8. The molecule has 0 saturated carbocycles. The molecule has 2 unspecified atom stereocenters. The minimum absolute atomic E-state index is 0.225. The molecule has 0 amide bonds. The van der Waals surface area contributed by atoms with Crippen molar-refractivity contribution in [2.75, 3.05) is 26.3 Å². The van der Waals surface area contributed by atoms with Crippen LogP contribution in [0.25, 0.3) is 0 Å². The van der Waals surface area contributed by atoms with Crippen molar-refractivity contribution >= 4 is 10.0 Å². The Morgan fingerprint density at radius 2 is 1.91 bits per heavy atom. The molecule has 6 nitrogen and oxygen atoms in total. The first-order chi connectivity index (χ1) is 10.6. The van der Waals surface area contributed by atoms with Gasteiger partial charge in [-0.3, -0.25) is 0 Å². The van der Waals surface area contributed by atoms with Crippen LogP contribution in [0.3, 0.4) is 0 Å². The molecule has 2 fully saturated rings. The lowest BCUT2D eigenvalue weighted by molar-refractivity contribution is 0.166. The molecule has 1 N–H and O–H groups in total. The van der Waals surface area contributed by atoms with Crippen molar-refractivity contribution in [2.45, 2.75) is 36.2 Å². The number of rotatable bonds is 2. The molecule has 2 saturated heterocycles. The van der Waals surface area contributed by atoms with Gasteiger partial charge in [-0.25, -0.2) is 8.42 Å². The number of hydrogen-bond acceptors (Lipinski definition) is 5. The SMILES string of the molecule is O=S(=O)(c1cccc2c1OCCO2)N1CCC2CCC(C1)N2. The first-order valence-electron chi connectivity index (χ1n) is 7.79. The van der Waals surface area contributed by atoms with Crippen LogP contribution in [0.15, 0.2) is 23.1 Å². The van der Waals surface area contributed by atoms with E-state index >= 15 is 0 Å². The van der Waals surface area contributed by atoms with Gasteiger partial charge in [-0.1, -0.05) is 6.07 Å². The van der Waals surface area contributed by atoms with Gasteiger partial charge >= 0.3 is 0 Å². The summed E-state index contributed by atoms with van der Waals surface area (Å²) in [6.07, 6.45) is 3.06. The van der Waals surface area contributed by atoms with Crippen molar-refractivity contribution in [3.8, 4) is 11.5 Å². The molecule has 0 aliphatic carbocycles. The van der Waals surface area contributed by atoms with E-state index in [1.165, 1.54) is 0 Å². The van der Waals surface area contributed by atoms with Gasteiger partial charge < -0.3 is 14.8 Å². The molecule has 2 bridgehead atoms. The van der Waals surface area contributed by atoms with Crippen LogP contribution in [0.4, 0.5) is 0 Å². The summed E-state index contributed by atoms with van der Waals surface area (Å²) in [5.41, 5.74) is 0. The molecule has 1 aromatic carbocycles. The third-order valence-corrected chi connectivity index (χ3v) is 6.52. The van der Waals surface area contributed by atoms with Crippen molar-refractivity contribution in [2.24, 2.45) is 0 Å². The molecule has 3 aliphatic rings. The van der Waals surface area contributed by atoms with Crippen molar-refractivity contribution < 1.29 is 17.9 Å². The third-order valence-electron chi connectivity index (χ3n) is 4.63. The largest absolute Gasteiger partial charge is 0.486 e. The van der Waals surface area contributed by atoms with Gasteiger partial charge in [0.25, 0.3) is 0 Å². The van der Waals surface area contributed by atoms with E-state index in [4.69, 9.17) is 9.47 Å². The van der Waals surface area contributed by atoms with Gasteiger partial charge in [0.05, 0.1) is 0 Å². The zero-order valence-corrected chi connectivity index (χ0v) is 13.1. The van der Waals surface area contributed by atoms with Gasteiger partial charge in [-0.2, -0.15) is 4.31 Å². The summed E-state index contributed by atoms with van der Waals surface area (Å²) in [5.74, 6) is 0.873. The number of sulfonamides is 1. The monoisotopic (exact) mass is 324 g/mol. The fraction of sp³-hybridized carbons (Fsp3) is 0.600. The van der Waals surface area contributed by atoms with Crippen LogP contribution in [0.5, 0.6) is 11.5 Å². The van der Waals surface area contributed by atoms with E-state index in [0.29, 0.717) is 43.8 Å². The lowest BCUT2D eigenvalue weighted by Crippen LogP contribution is -2.39. The van der Waals surface area contributed by atoms with Gasteiger partial charge in [0, 0.05) is 25.2 Å². The standard InChI is InChI=1S/C15H20N2O4S/c18-22(19,17-7-6-11-4-5-12(10-17)16-11)14-3-1-2-13-15(14)21-9-8-20-13/h1-3,11-12,16H,4-10H2. The van der Waals surface area contributed by atoms with E-state index in [1.54, 1.807) is 22.5 Å². The van der Waals surface area contributed by atoms with Gasteiger partial charge in [0.2, 0.25) is 10.0 Å². The Kier molecular flexibility index (Phi) is 3.51. The maximum absolute atomic E-state index is 13.1. The zero-order valence-electron chi connectivity index (χ0n) is 12.3.